The average Bonchev–Trinajstić information content (AvgIpc) is 2.18. The van der Waals surface area contributed by atoms with Gasteiger partial charge in [0.2, 0.25) is 0 Å². The van der Waals surface area contributed by atoms with Crippen LogP contribution in [0.25, 0.3) is 0 Å². The lowest BCUT2D eigenvalue weighted by Gasteiger charge is -2.06. The second kappa shape index (κ2) is 6.40. The molecule has 0 spiro atoms. The van der Waals surface area contributed by atoms with Gasteiger partial charge >= 0.3 is 0 Å². The van der Waals surface area contributed by atoms with Gasteiger partial charge in [0.15, 0.2) is 0 Å². The fraction of sp³-hybridized carbons (Fsp3) is 0.455. The predicted octanol–water partition coefficient (Wildman–Crippen LogP) is 1.55. The molecular formula is C11H18N2O. The van der Waals surface area contributed by atoms with Crippen molar-refractivity contribution in [1.82, 2.24) is 0 Å². The van der Waals surface area contributed by atoms with Crippen LogP contribution < -0.4 is 11.1 Å². The standard InChI is InChI=1S/C11H18N2O/c12-11(14)8-4-5-9-13-10-6-2-1-3-7-10/h1-3,6-7,11,13-14H,4-5,8-9,12H2. The largest absolute Gasteiger partial charge is 0.385 e. The Hall–Kier alpha value is -1.06. The van der Waals surface area contributed by atoms with Crippen molar-refractivity contribution in [2.24, 2.45) is 5.73 Å². The molecule has 14 heavy (non-hydrogen) atoms. The van der Waals surface area contributed by atoms with E-state index in [1.807, 2.05) is 30.3 Å². The van der Waals surface area contributed by atoms with Crippen molar-refractivity contribution >= 4 is 5.69 Å². The lowest BCUT2D eigenvalue weighted by Crippen LogP contribution is -2.18. The number of benzene rings is 1. The van der Waals surface area contributed by atoms with Crippen LogP contribution in [0.1, 0.15) is 19.3 Å². The molecule has 1 aromatic rings. The van der Waals surface area contributed by atoms with Gasteiger partial charge in [-0.05, 0) is 31.4 Å². The first-order valence-corrected chi connectivity index (χ1v) is 5.01. The Morgan fingerprint density at radius 3 is 2.57 bits per heavy atom. The van der Waals surface area contributed by atoms with E-state index in [1.54, 1.807) is 0 Å². The first kappa shape index (κ1) is 11.0. The van der Waals surface area contributed by atoms with Crippen molar-refractivity contribution in [2.75, 3.05) is 11.9 Å². The van der Waals surface area contributed by atoms with E-state index in [4.69, 9.17) is 10.8 Å². The van der Waals surface area contributed by atoms with E-state index in [1.165, 1.54) is 0 Å². The van der Waals surface area contributed by atoms with Crippen LogP contribution in [0.15, 0.2) is 30.3 Å². The summed E-state index contributed by atoms with van der Waals surface area (Å²) in [6, 6.07) is 10.1. The second-order valence-corrected chi connectivity index (χ2v) is 3.36. The minimum Gasteiger partial charge on any atom is -0.385 e. The minimum absolute atomic E-state index is 0.660. The van der Waals surface area contributed by atoms with Crippen molar-refractivity contribution in [3.63, 3.8) is 0 Å². The molecule has 0 aliphatic rings. The highest BCUT2D eigenvalue weighted by atomic mass is 16.3. The molecule has 0 saturated heterocycles. The van der Waals surface area contributed by atoms with Crippen LogP contribution in [-0.2, 0) is 0 Å². The first-order chi connectivity index (χ1) is 6.79. The first-order valence-electron chi connectivity index (χ1n) is 5.01. The maximum absolute atomic E-state index is 8.83. The Balaban J connectivity index is 2.05. The molecule has 0 amide bonds. The van der Waals surface area contributed by atoms with Crippen molar-refractivity contribution in [3.8, 4) is 0 Å². The van der Waals surface area contributed by atoms with Gasteiger partial charge in [-0.2, -0.15) is 0 Å². The van der Waals surface area contributed by atoms with Crippen molar-refractivity contribution in [3.05, 3.63) is 30.3 Å². The zero-order valence-electron chi connectivity index (χ0n) is 8.32. The normalized spacial score (nSPS) is 12.4. The maximum atomic E-state index is 8.83. The number of hydrogen-bond acceptors (Lipinski definition) is 3. The molecule has 3 nitrogen and oxygen atoms in total. The molecule has 0 fully saturated rings. The van der Waals surface area contributed by atoms with Gasteiger partial charge in [-0.15, -0.1) is 0 Å². The van der Waals surface area contributed by atoms with Crippen LogP contribution in [0, 0.1) is 0 Å². The van der Waals surface area contributed by atoms with Crippen LogP contribution in [0.5, 0.6) is 0 Å². The molecule has 1 rings (SSSR count). The number of para-hydroxylation sites is 1. The topological polar surface area (TPSA) is 58.3 Å². The fourth-order valence-corrected chi connectivity index (χ4v) is 1.27. The third-order valence-corrected chi connectivity index (χ3v) is 2.03. The van der Waals surface area contributed by atoms with Gasteiger partial charge in [-0.3, -0.25) is 0 Å². The van der Waals surface area contributed by atoms with Gasteiger partial charge in [0.05, 0.1) is 0 Å². The van der Waals surface area contributed by atoms with Crippen molar-refractivity contribution in [2.45, 2.75) is 25.5 Å². The molecule has 1 atom stereocenters. The smallest absolute Gasteiger partial charge is 0.102 e. The summed E-state index contributed by atoms with van der Waals surface area (Å²) < 4.78 is 0. The molecule has 0 saturated carbocycles. The summed E-state index contributed by atoms with van der Waals surface area (Å²) in [5.41, 5.74) is 6.36. The van der Waals surface area contributed by atoms with Crippen LogP contribution in [0.2, 0.25) is 0 Å². The molecule has 4 N–H and O–H groups in total. The lowest BCUT2D eigenvalue weighted by molar-refractivity contribution is 0.169. The number of aliphatic hydroxyl groups is 1. The number of hydrogen-bond donors (Lipinski definition) is 3. The molecule has 0 aliphatic carbocycles. The summed E-state index contributed by atoms with van der Waals surface area (Å²) >= 11 is 0. The number of aliphatic hydroxyl groups excluding tert-OH is 1. The van der Waals surface area contributed by atoms with Gasteiger partial charge in [-0.25, -0.2) is 0 Å². The van der Waals surface area contributed by atoms with Crippen LogP contribution >= 0.6 is 0 Å². The number of nitrogens with one attached hydrogen (secondary N) is 1. The fourth-order valence-electron chi connectivity index (χ4n) is 1.27. The lowest BCUT2D eigenvalue weighted by atomic mass is 10.2. The molecule has 0 aromatic heterocycles. The Bertz CT molecular complexity index is 236. The van der Waals surface area contributed by atoms with E-state index < -0.39 is 6.23 Å². The Morgan fingerprint density at radius 1 is 1.21 bits per heavy atom. The van der Waals surface area contributed by atoms with Crippen LogP contribution in [0.3, 0.4) is 0 Å². The highest BCUT2D eigenvalue weighted by molar-refractivity contribution is 5.42. The third-order valence-electron chi connectivity index (χ3n) is 2.03. The molecule has 0 bridgehead atoms. The number of unbranched alkanes of at least 4 members (excludes halogenated alkanes) is 1. The van der Waals surface area contributed by atoms with E-state index in [0.29, 0.717) is 6.42 Å². The summed E-state index contributed by atoms with van der Waals surface area (Å²) in [5, 5.41) is 12.1. The summed E-state index contributed by atoms with van der Waals surface area (Å²) in [6.07, 6.45) is 2.00. The quantitative estimate of drug-likeness (QED) is 0.475. The molecule has 0 radical (unpaired) electrons. The molecule has 0 aliphatic heterocycles. The van der Waals surface area contributed by atoms with E-state index in [0.717, 1.165) is 25.1 Å². The average molecular weight is 194 g/mol. The minimum atomic E-state index is -0.660. The van der Waals surface area contributed by atoms with Crippen molar-refractivity contribution < 1.29 is 5.11 Å². The molecule has 0 heterocycles. The zero-order valence-corrected chi connectivity index (χ0v) is 8.32. The van der Waals surface area contributed by atoms with Gasteiger partial charge in [-0.1, -0.05) is 18.2 Å². The van der Waals surface area contributed by atoms with Crippen LogP contribution in [0.4, 0.5) is 5.69 Å². The van der Waals surface area contributed by atoms with E-state index >= 15 is 0 Å². The summed E-state index contributed by atoms with van der Waals surface area (Å²) in [7, 11) is 0. The SMILES string of the molecule is NC(O)CCCCNc1ccccc1. The summed E-state index contributed by atoms with van der Waals surface area (Å²) in [4.78, 5) is 0. The van der Waals surface area contributed by atoms with Crippen LogP contribution in [-0.4, -0.2) is 17.9 Å². The Morgan fingerprint density at radius 2 is 1.93 bits per heavy atom. The van der Waals surface area contributed by atoms with E-state index in [9.17, 15) is 0 Å². The van der Waals surface area contributed by atoms with Gasteiger partial charge in [0, 0.05) is 12.2 Å². The number of anilines is 1. The zero-order chi connectivity index (χ0) is 10.2. The second-order valence-electron chi connectivity index (χ2n) is 3.36. The molecule has 3 heteroatoms. The highest BCUT2D eigenvalue weighted by Gasteiger charge is 1.95. The van der Waals surface area contributed by atoms with Gasteiger partial charge in [0.1, 0.15) is 6.23 Å². The number of nitrogens with two attached hydrogens (primary N) is 1. The monoisotopic (exact) mass is 194 g/mol. The van der Waals surface area contributed by atoms with Crippen molar-refractivity contribution in [1.29, 1.82) is 0 Å². The summed E-state index contributed by atoms with van der Waals surface area (Å²) in [6.45, 7) is 0.927. The highest BCUT2D eigenvalue weighted by Crippen LogP contribution is 2.05. The van der Waals surface area contributed by atoms with E-state index in [-0.39, 0.29) is 0 Å². The molecule has 78 valence electrons. The summed E-state index contributed by atoms with van der Waals surface area (Å²) in [5.74, 6) is 0. The molecular weight excluding hydrogens is 176 g/mol. The number of rotatable bonds is 6. The Kier molecular flexibility index (Phi) is 5.04. The van der Waals surface area contributed by atoms with Gasteiger partial charge < -0.3 is 16.2 Å². The van der Waals surface area contributed by atoms with Gasteiger partial charge in [0.25, 0.3) is 0 Å². The molecule has 1 unspecified atom stereocenters. The predicted molar refractivity (Wildman–Crippen MR) is 59.0 cm³/mol. The molecule has 1 aromatic carbocycles. The maximum Gasteiger partial charge on any atom is 0.102 e. The van der Waals surface area contributed by atoms with E-state index in [2.05, 4.69) is 5.32 Å². The third kappa shape index (κ3) is 4.84. The Labute approximate surface area is 84.9 Å².